The number of allylic oxidation sites excluding steroid dienone is 8. The number of ether oxygens (including phenoxy) is 1. The van der Waals surface area contributed by atoms with E-state index in [2.05, 4.69) is 152 Å². The number of rotatable bonds is 8. The molecule has 5 nitrogen and oxygen atoms in total. The Morgan fingerprint density at radius 3 is 1.12 bits per heavy atom. The van der Waals surface area contributed by atoms with Gasteiger partial charge >= 0.3 is 5.97 Å². The lowest BCUT2D eigenvalue weighted by atomic mass is 9.80. The van der Waals surface area contributed by atoms with Gasteiger partial charge in [-0.05, 0) is 181 Å². The molecule has 13 heteroatoms. The highest BCUT2D eigenvalue weighted by Gasteiger charge is 2.38. The molecule has 3 aliphatic carbocycles. The van der Waals surface area contributed by atoms with E-state index in [1.54, 1.807) is 18.1 Å². The molecule has 338 valence electrons. The van der Waals surface area contributed by atoms with Gasteiger partial charge in [-0.15, -0.1) is 23.2 Å². The van der Waals surface area contributed by atoms with Crippen molar-refractivity contribution < 1.29 is 19.4 Å². The van der Waals surface area contributed by atoms with Gasteiger partial charge in [-0.3, -0.25) is 9.59 Å². The summed E-state index contributed by atoms with van der Waals surface area (Å²) < 4.78 is 5.29. The van der Waals surface area contributed by atoms with Crippen LogP contribution in [-0.2, 0) is 63.3 Å². The third kappa shape index (κ3) is 19.2. The Bertz CT molecular complexity index is 1610. The number of aliphatic hydroxyl groups is 1. The van der Waals surface area contributed by atoms with Crippen LogP contribution in [0.25, 0.3) is 0 Å². The van der Waals surface area contributed by atoms with Crippen molar-refractivity contribution in [3.63, 3.8) is 0 Å². The highest BCUT2D eigenvalue weighted by Crippen LogP contribution is 2.47. The minimum Gasteiger partial charge on any atom is -0.463 e. The van der Waals surface area contributed by atoms with Gasteiger partial charge in [0.2, 0.25) is 5.24 Å². The third-order valence-electron chi connectivity index (χ3n) is 12.6. The van der Waals surface area contributed by atoms with Crippen LogP contribution in [0.1, 0.15) is 146 Å². The van der Waals surface area contributed by atoms with Gasteiger partial charge in [0.05, 0.1) is 6.61 Å². The number of halogens is 3. The van der Waals surface area contributed by atoms with Gasteiger partial charge in [-0.25, -0.2) is 0 Å². The first-order valence-electron chi connectivity index (χ1n) is 19.4. The van der Waals surface area contributed by atoms with E-state index in [-0.39, 0.29) is 30.8 Å². The maximum atomic E-state index is 11.4. The number of hydrogen-bond acceptors (Lipinski definition) is 7. The number of carbonyl (C=O) groups is 2. The molecule has 0 fully saturated rings. The number of alkyl halides is 2. The standard InChI is InChI=1S/C14H21ClO2.C11H18O.C10H16.C6H15N.C3H4Cl2O.CH4.S5/c1-8-9(2)11(4)14(6,10(8)3)7-17-13(16)12(5)15;1-7-8(2)10(4)11(5,6-12)9(7)3;1-6-7(2)9(4)10(5)8(6)3;1-4-7(5-2)6-3;1-2(4)3(5)6;;1-3-5-4-2/h12H,7H2,1-6H3;12H,6H2,1-5H3;6H,1-5H3;4-6H2,1-3H3;2H,1H3;1H4;. The highest BCUT2D eigenvalue weighted by molar-refractivity contribution is 8.59. The lowest BCUT2D eigenvalue weighted by Gasteiger charge is -2.28. The van der Waals surface area contributed by atoms with Crippen molar-refractivity contribution in [1.29, 1.82) is 0 Å². The van der Waals surface area contributed by atoms with Gasteiger partial charge < -0.3 is 14.7 Å². The summed E-state index contributed by atoms with van der Waals surface area (Å²) in [5.41, 5.74) is 16.4. The van der Waals surface area contributed by atoms with Gasteiger partial charge in [0.15, 0.2) is 0 Å². The van der Waals surface area contributed by atoms with Crippen molar-refractivity contribution in [3.05, 3.63) is 66.9 Å². The van der Waals surface area contributed by atoms with Gasteiger partial charge in [0.1, 0.15) is 17.4 Å². The molecule has 3 aliphatic rings. The van der Waals surface area contributed by atoms with Crippen LogP contribution in [0.2, 0.25) is 0 Å². The Kier molecular flexibility index (Phi) is 34.6. The Balaban J connectivity index is -0.000000317. The lowest BCUT2D eigenvalue weighted by molar-refractivity contribution is -0.144. The zero-order chi connectivity index (χ0) is 45.8. The first kappa shape index (κ1) is 64.1. The van der Waals surface area contributed by atoms with Crippen molar-refractivity contribution in [2.24, 2.45) is 16.7 Å². The van der Waals surface area contributed by atoms with Crippen LogP contribution in [-0.4, -0.2) is 64.8 Å². The zero-order valence-electron chi connectivity index (χ0n) is 38.6. The minimum absolute atomic E-state index is 0. The first-order chi connectivity index (χ1) is 26.1. The predicted octanol–water partition coefficient (Wildman–Crippen LogP) is 13.2. The van der Waals surface area contributed by atoms with Crippen LogP contribution in [0.5, 0.6) is 0 Å². The minimum atomic E-state index is -0.587. The van der Waals surface area contributed by atoms with E-state index in [4.69, 9.17) is 39.5 Å². The monoisotopic (exact) mass is 961 g/mol. The molecule has 0 spiro atoms. The molecule has 0 aromatic rings. The second-order valence-electron chi connectivity index (χ2n) is 15.1. The summed E-state index contributed by atoms with van der Waals surface area (Å²) in [6.07, 6.45) is 0. The summed E-state index contributed by atoms with van der Waals surface area (Å²) in [5.74, 6) is 0.343. The topological polar surface area (TPSA) is 66.8 Å². The molecule has 0 saturated carbocycles. The molecule has 3 rings (SSSR count). The molecule has 0 aromatic carbocycles. The summed E-state index contributed by atoms with van der Waals surface area (Å²) in [5, 5.41) is 7.69. The van der Waals surface area contributed by atoms with Crippen LogP contribution in [0.3, 0.4) is 0 Å². The highest BCUT2D eigenvalue weighted by atomic mass is 35.5. The van der Waals surface area contributed by atoms with Crippen LogP contribution < -0.4 is 0 Å². The smallest absolute Gasteiger partial charge is 0.323 e. The molecule has 0 aliphatic heterocycles. The molecule has 0 radical (unpaired) electrons. The summed E-state index contributed by atoms with van der Waals surface area (Å²) in [6.45, 7) is 46.2. The second kappa shape index (κ2) is 31.3. The summed E-state index contributed by atoms with van der Waals surface area (Å²) in [7, 11) is 3.95. The predicted molar refractivity (Wildman–Crippen MR) is 272 cm³/mol. The largest absolute Gasteiger partial charge is 0.463 e. The quantitative estimate of drug-likeness (QED) is 0.148. The first-order valence-corrected chi connectivity index (χ1v) is 26.0. The van der Waals surface area contributed by atoms with E-state index >= 15 is 0 Å². The zero-order valence-corrected chi connectivity index (χ0v) is 44.9. The average Bonchev–Trinajstić information content (AvgIpc) is 3.52. The molecule has 0 bridgehead atoms. The number of aliphatic hydroxyl groups excluding tert-OH is 1. The average molecular weight is 964 g/mol. The summed E-state index contributed by atoms with van der Waals surface area (Å²) >= 11 is 24.6. The fraction of sp³-hybridized carbons (Fsp3) is 0.689. The number of nitrogens with zero attached hydrogens (tertiary/aromatic N) is 1. The normalized spacial score (nSPS) is 17.6. The molecular weight excluding hydrogens is 885 g/mol. The Morgan fingerprint density at radius 1 is 0.690 bits per heavy atom. The van der Waals surface area contributed by atoms with Gasteiger partial charge in [-0.2, -0.15) is 0 Å². The molecule has 0 amide bonds. The summed E-state index contributed by atoms with van der Waals surface area (Å²) in [6, 6.07) is 0. The number of hydrogen-bond donors (Lipinski definition) is 1. The lowest BCUT2D eigenvalue weighted by Crippen LogP contribution is -2.28. The van der Waals surface area contributed by atoms with E-state index in [0.29, 0.717) is 12.5 Å². The molecule has 0 saturated heterocycles. The van der Waals surface area contributed by atoms with E-state index in [9.17, 15) is 14.7 Å². The van der Waals surface area contributed by atoms with Crippen LogP contribution >= 0.6 is 34.8 Å². The summed E-state index contributed by atoms with van der Waals surface area (Å²) in [4.78, 5) is 23.6. The number of esters is 1. The van der Waals surface area contributed by atoms with E-state index in [1.165, 1.54) is 109 Å². The Hall–Kier alpha value is -0.530. The maximum absolute atomic E-state index is 11.4. The second-order valence-corrected chi connectivity index (χ2v) is 22.1. The van der Waals surface area contributed by atoms with E-state index in [0.717, 1.165) is 0 Å². The third-order valence-corrected chi connectivity index (χ3v) is 17.8. The Morgan fingerprint density at radius 2 is 0.983 bits per heavy atom. The SMILES string of the molecule is C.CC(Cl)C(=O)Cl.CC1=C(C)C(C)(CO)C(C)=C1C.CC1=C(C)C(C)(COC(=O)C(C)Cl)C(C)=C1C.CC1=C(C)C(C)C(C)=C1C.CCN(CC)CC.S=S=S=S=S. The van der Waals surface area contributed by atoms with Gasteiger partial charge in [0, 0.05) is 59.8 Å². The van der Waals surface area contributed by atoms with Crippen LogP contribution in [0.4, 0.5) is 0 Å². The molecule has 1 N–H and O–H groups in total. The van der Waals surface area contributed by atoms with Crippen LogP contribution in [0, 0.1) is 16.7 Å². The molecule has 0 aromatic heterocycles. The Labute approximate surface area is 389 Å². The van der Waals surface area contributed by atoms with E-state index < -0.39 is 16.0 Å². The van der Waals surface area contributed by atoms with Crippen molar-refractivity contribution in [2.45, 2.75) is 157 Å². The van der Waals surface area contributed by atoms with Crippen molar-refractivity contribution >= 4 is 95.0 Å². The van der Waals surface area contributed by atoms with Crippen LogP contribution in [0.15, 0.2) is 66.9 Å². The van der Waals surface area contributed by atoms with E-state index in [1.807, 2.05) is 0 Å². The van der Waals surface area contributed by atoms with Gasteiger partial charge in [-0.1, -0.05) is 68.6 Å². The number of carbonyl (C=O) groups excluding carboxylic acids is 2. The fourth-order valence-electron chi connectivity index (χ4n) is 6.37. The maximum Gasteiger partial charge on any atom is 0.323 e. The van der Waals surface area contributed by atoms with Crippen molar-refractivity contribution in [3.8, 4) is 0 Å². The van der Waals surface area contributed by atoms with Gasteiger partial charge in [0.25, 0.3) is 0 Å². The molecular formula is C45H78Cl3NO4S5. The fourth-order valence-corrected chi connectivity index (χ4v) is 9.18. The van der Waals surface area contributed by atoms with Crippen molar-refractivity contribution in [2.75, 3.05) is 32.8 Å². The van der Waals surface area contributed by atoms with Crippen molar-refractivity contribution in [1.82, 2.24) is 4.90 Å². The molecule has 2 unspecified atom stereocenters. The molecule has 58 heavy (non-hydrogen) atoms. The molecule has 0 heterocycles. The molecule has 2 atom stereocenters.